The Morgan fingerprint density at radius 2 is 2.03 bits per heavy atom. The second kappa shape index (κ2) is 8.38. The number of rotatable bonds is 4. The molecular formula is C22H17N3O2S2. The summed E-state index contributed by atoms with van der Waals surface area (Å²) in [7, 11) is 0. The van der Waals surface area contributed by atoms with Gasteiger partial charge in [-0.05, 0) is 61.1 Å². The summed E-state index contributed by atoms with van der Waals surface area (Å²) < 4.78 is 6.30. The number of furan rings is 1. The van der Waals surface area contributed by atoms with Crippen LogP contribution in [0.3, 0.4) is 0 Å². The van der Waals surface area contributed by atoms with Crippen molar-refractivity contribution in [2.45, 2.75) is 6.92 Å². The lowest BCUT2D eigenvalue weighted by atomic mass is 10.1. The van der Waals surface area contributed by atoms with Crippen molar-refractivity contribution in [3.63, 3.8) is 0 Å². The average Bonchev–Trinajstić information content (AvgIpc) is 3.37. The molecule has 0 unspecified atom stereocenters. The van der Waals surface area contributed by atoms with Crippen LogP contribution in [-0.4, -0.2) is 16.0 Å². The first-order chi connectivity index (χ1) is 14.1. The Balaban J connectivity index is 1.47. The van der Waals surface area contributed by atoms with Gasteiger partial charge in [0, 0.05) is 17.3 Å². The van der Waals surface area contributed by atoms with Crippen LogP contribution in [-0.2, 0) is 4.79 Å². The molecule has 7 heteroatoms. The highest BCUT2D eigenvalue weighted by atomic mass is 32.1. The second-order valence-corrected chi connectivity index (χ2v) is 7.75. The van der Waals surface area contributed by atoms with Crippen LogP contribution in [0, 0.1) is 6.92 Å². The molecule has 0 spiro atoms. The summed E-state index contributed by atoms with van der Waals surface area (Å²) >= 11 is 6.93. The highest BCUT2D eigenvalue weighted by molar-refractivity contribution is 7.80. The minimum absolute atomic E-state index is 0.226. The van der Waals surface area contributed by atoms with Crippen molar-refractivity contribution >= 4 is 56.6 Å². The third-order valence-corrected chi connectivity index (χ3v) is 5.50. The second-order valence-electron chi connectivity index (χ2n) is 6.31. The standard InChI is InChI=1S/C22H17N3O2S2/c1-14-8-9-15(21-23-17-6-2-3-7-19(17)29-21)13-18(14)24-22(28)25-20(26)11-10-16-5-4-12-27-16/h2-13H,1H3,(H2,24,25,26,28)/b11-10+. The van der Waals surface area contributed by atoms with Gasteiger partial charge in [-0.15, -0.1) is 11.3 Å². The SMILES string of the molecule is Cc1ccc(-c2nc3ccccc3s2)cc1NC(=S)NC(=O)/C=C/c1ccco1. The molecule has 2 heterocycles. The van der Waals surface area contributed by atoms with Crippen LogP contribution in [0.1, 0.15) is 11.3 Å². The van der Waals surface area contributed by atoms with Crippen molar-refractivity contribution in [3.05, 3.63) is 78.3 Å². The van der Waals surface area contributed by atoms with Crippen LogP contribution in [0.2, 0.25) is 0 Å². The van der Waals surface area contributed by atoms with E-state index in [-0.39, 0.29) is 11.0 Å². The number of nitrogens with zero attached hydrogens (tertiary/aromatic N) is 1. The van der Waals surface area contributed by atoms with Gasteiger partial charge in [0.15, 0.2) is 5.11 Å². The number of nitrogens with one attached hydrogen (secondary N) is 2. The summed E-state index contributed by atoms with van der Waals surface area (Å²) in [4.78, 5) is 16.7. The lowest BCUT2D eigenvalue weighted by molar-refractivity contribution is -0.115. The van der Waals surface area contributed by atoms with Crippen LogP contribution >= 0.6 is 23.6 Å². The molecule has 0 atom stereocenters. The predicted molar refractivity (Wildman–Crippen MR) is 122 cm³/mol. The van der Waals surface area contributed by atoms with Crippen molar-refractivity contribution in [1.82, 2.24) is 10.3 Å². The quantitative estimate of drug-likeness (QED) is 0.343. The number of benzene rings is 2. The van der Waals surface area contributed by atoms with Gasteiger partial charge < -0.3 is 9.73 Å². The van der Waals surface area contributed by atoms with E-state index in [4.69, 9.17) is 21.6 Å². The first-order valence-corrected chi connectivity index (χ1v) is 10.1. The Hall–Kier alpha value is -3.29. The van der Waals surface area contributed by atoms with Gasteiger partial charge in [0.25, 0.3) is 0 Å². The fourth-order valence-electron chi connectivity index (χ4n) is 2.74. The third kappa shape index (κ3) is 4.59. The van der Waals surface area contributed by atoms with Crippen LogP contribution in [0.25, 0.3) is 26.9 Å². The number of thiocarbonyl (C=S) groups is 1. The zero-order valence-corrected chi connectivity index (χ0v) is 17.1. The molecule has 1 amide bonds. The molecule has 5 nitrogen and oxygen atoms in total. The van der Waals surface area contributed by atoms with Gasteiger partial charge in [-0.25, -0.2) is 4.98 Å². The summed E-state index contributed by atoms with van der Waals surface area (Å²) in [6, 6.07) is 17.6. The summed E-state index contributed by atoms with van der Waals surface area (Å²) in [6.45, 7) is 1.98. The number of carbonyl (C=O) groups is 1. The normalized spacial score (nSPS) is 11.1. The minimum atomic E-state index is -0.334. The number of amides is 1. The van der Waals surface area contributed by atoms with E-state index in [2.05, 4.69) is 16.7 Å². The molecule has 0 aliphatic heterocycles. The monoisotopic (exact) mass is 419 g/mol. The fraction of sp³-hybridized carbons (Fsp3) is 0.0455. The van der Waals surface area contributed by atoms with Crippen molar-refractivity contribution in [3.8, 4) is 10.6 Å². The maximum atomic E-state index is 12.0. The largest absolute Gasteiger partial charge is 0.465 e. The number of fused-ring (bicyclic) bond motifs is 1. The van der Waals surface area contributed by atoms with Crippen molar-refractivity contribution in [2.75, 3.05) is 5.32 Å². The zero-order valence-electron chi connectivity index (χ0n) is 15.5. The van der Waals surface area contributed by atoms with E-state index in [0.717, 1.165) is 32.0 Å². The van der Waals surface area contributed by atoms with Gasteiger partial charge in [0.1, 0.15) is 10.8 Å². The maximum absolute atomic E-state index is 12.0. The Morgan fingerprint density at radius 1 is 1.17 bits per heavy atom. The molecule has 0 saturated heterocycles. The number of para-hydroxylation sites is 1. The Kier molecular flexibility index (Phi) is 5.50. The number of hydrogen-bond donors (Lipinski definition) is 2. The van der Waals surface area contributed by atoms with Gasteiger partial charge >= 0.3 is 0 Å². The van der Waals surface area contributed by atoms with Crippen molar-refractivity contribution in [1.29, 1.82) is 0 Å². The lowest BCUT2D eigenvalue weighted by Crippen LogP contribution is -2.33. The molecule has 4 rings (SSSR count). The van der Waals surface area contributed by atoms with Crippen LogP contribution < -0.4 is 10.6 Å². The van der Waals surface area contributed by atoms with Gasteiger partial charge in [0.05, 0.1) is 16.5 Å². The van der Waals surface area contributed by atoms with Gasteiger partial charge in [-0.2, -0.15) is 0 Å². The van der Waals surface area contributed by atoms with E-state index >= 15 is 0 Å². The number of hydrogen-bond acceptors (Lipinski definition) is 5. The molecule has 0 fully saturated rings. The summed E-state index contributed by atoms with van der Waals surface area (Å²) in [5, 5.41) is 6.90. The van der Waals surface area contributed by atoms with Crippen molar-refractivity contribution in [2.24, 2.45) is 0 Å². The van der Waals surface area contributed by atoms with Gasteiger partial charge in [-0.1, -0.05) is 24.3 Å². The Morgan fingerprint density at radius 3 is 2.83 bits per heavy atom. The summed E-state index contributed by atoms with van der Waals surface area (Å²) in [5.41, 5.74) is 3.81. The number of aromatic nitrogens is 1. The Labute approximate surface area is 177 Å². The molecule has 0 aliphatic rings. The Bertz CT molecular complexity index is 1180. The minimum Gasteiger partial charge on any atom is -0.465 e. The smallest absolute Gasteiger partial charge is 0.250 e. The third-order valence-electron chi connectivity index (χ3n) is 4.21. The molecule has 2 N–H and O–H groups in total. The van der Waals surface area contributed by atoms with E-state index < -0.39 is 0 Å². The van der Waals surface area contributed by atoms with E-state index in [1.54, 1.807) is 35.8 Å². The molecule has 144 valence electrons. The molecule has 2 aromatic carbocycles. The van der Waals surface area contributed by atoms with E-state index in [1.165, 1.54) is 6.08 Å². The molecule has 4 aromatic rings. The number of anilines is 1. The first-order valence-electron chi connectivity index (χ1n) is 8.88. The average molecular weight is 420 g/mol. The first kappa shape index (κ1) is 19.0. The van der Waals surface area contributed by atoms with Gasteiger partial charge in [0.2, 0.25) is 5.91 Å². The molecular weight excluding hydrogens is 402 g/mol. The lowest BCUT2D eigenvalue weighted by Gasteiger charge is -2.12. The van der Waals surface area contributed by atoms with E-state index in [9.17, 15) is 4.79 Å². The summed E-state index contributed by atoms with van der Waals surface area (Å²) in [5.74, 6) is 0.261. The molecule has 0 saturated carbocycles. The molecule has 2 aromatic heterocycles. The highest BCUT2D eigenvalue weighted by Crippen LogP contribution is 2.32. The topological polar surface area (TPSA) is 67.2 Å². The molecule has 0 aliphatic carbocycles. The fourth-order valence-corrected chi connectivity index (χ4v) is 3.91. The number of aryl methyl sites for hydroxylation is 1. The maximum Gasteiger partial charge on any atom is 0.250 e. The van der Waals surface area contributed by atoms with E-state index in [1.807, 2.05) is 43.3 Å². The molecule has 0 radical (unpaired) electrons. The molecule has 29 heavy (non-hydrogen) atoms. The number of carbonyl (C=O) groups excluding carboxylic acids is 1. The van der Waals surface area contributed by atoms with Crippen LogP contribution in [0.5, 0.6) is 0 Å². The highest BCUT2D eigenvalue weighted by Gasteiger charge is 2.10. The van der Waals surface area contributed by atoms with Crippen LogP contribution in [0.15, 0.2) is 71.4 Å². The zero-order chi connectivity index (χ0) is 20.2. The van der Waals surface area contributed by atoms with Crippen molar-refractivity contribution < 1.29 is 9.21 Å². The van der Waals surface area contributed by atoms with Gasteiger partial charge in [-0.3, -0.25) is 10.1 Å². The molecule has 0 bridgehead atoms. The predicted octanol–water partition coefficient (Wildman–Crippen LogP) is 5.39. The van der Waals surface area contributed by atoms with E-state index in [0.29, 0.717) is 5.76 Å². The summed E-state index contributed by atoms with van der Waals surface area (Å²) in [6.07, 6.45) is 4.50. The van der Waals surface area contributed by atoms with Crippen LogP contribution in [0.4, 0.5) is 5.69 Å². The number of thiazole rings is 1.